The molecule has 0 heterocycles. The largest absolute Gasteiger partial charge is 1.00 e. The van der Waals surface area contributed by atoms with Crippen LogP contribution in [0.15, 0.2) is 29.2 Å². The lowest BCUT2D eigenvalue weighted by molar-refractivity contribution is -0.00000296. The van der Waals surface area contributed by atoms with Gasteiger partial charge in [-0.05, 0) is 24.0 Å². The second kappa shape index (κ2) is 7.16. The van der Waals surface area contributed by atoms with Gasteiger partial charge in [-0.15, -0.1) is 11.8 Å². The number of benzene rings is 1. The molecule has 80 valence electrons. The van der Waals surface area contributed by atoms with Gasteiger partial charge in [0.25, 0.3) is 0 Å². The molecule has 1 nitrogen and oxygen atoms in total. The Morgan fingerprint density at radius 3 is 2.21 bits per heavy atom. The minimum absolute atomic E-state index is 0. The topological polar surface area (TPSA) is 12.0 Å². The van der Waals surface area contributed by atoms with Crippen molar-refractivity contribution in [3.05, 3.63) is 29.8 Å². The first-order chi connectivity index (χ1) is 6.22. The summed E-state index contributed by atoms with van der Waals surface area (Å²) >= 11 is 1.78. The van der Waals surface area contributed by atoms with Crippen molar-refractivity contribution in [2.45, 2.75) is 31.3 Å². The summed E-state index contributed by atoms with van der Waals surface area (Å²) in [5.74, 6) is 0. The summed E-state index contributed by atoms with van der Waals surface area (Å²) in [5.41, 5.74) is 1.35. The first-order valence-corrected chi connectivity index (χ1v) is 5.81. The molecule has 1 N–H and O–H groups in total. The maximum absolute atomic E-state index is 3.39. The lowest BCUT2D eigenvalue weighted by Crippen LogP contribution is -3.00. The molecule has 0 unspecified atom stereocenters. The third-order valence-corrected chi connectivity index (χ3v) is 2.62. The minimum atomic E-state index is 0. The summed E-state index contributed by atoms with van der Waals surface area (Å²) in [5, 5.41) is 3.39. The van der Waals surface area contributed by atoms with Crippen LogP contribution in [0.5, 0.6) is 0 Å². The molecule has 0 aliphatic carbocycles. The van der Waals surface area contributed by atoms with E-state index in [4.69, 9.17) is 0 Å². The van der Waals surface area contributed by atoms with E-state index in [0.29, 0.717) is 6.04 Å². The number of halogens is 1. The van der Waals surface area contributed by atoms with Gasteiger partial charge in [0.15, 0.2) is 0 Å². The summed E-state index contributed by atoms with van der Waals surface area (Å²) in [6.45, 7) is 5.29. The maximum atomic E-state index is 3.39. The molecule has 1 aromatic rings. The van der Waals surface area contributed by atoms with Crippen LogP contribution in [-0.4, -0.2) is 12.3 Å². The Balaban J connectivity index is 0.00000169. The van der Waals surface area contributed by atoms with Gasteiger partial charge in [0, 0.05) is 17.5 Å². The van der Waals surface area contributed by atoms with E-state index in [1.165, 1.54) is 10.5 Å². The Morgan fingerprint density at radius 1 is 1.21 bits per heavy atom. The van der Waals surface area contributed by atoms with E-state index in [1.54, 1.807) is 11.8 Å². The zero-order valence-electron chi connectivity index (χ0n) is 8.88. The highest BCUT2D eigenvalue weighted by atomic mass is 35.5. The van der Waals surface area contributed by atoms with Gasteiger partial charge in [-0.1, -0.05) is 26.0 Å². The standard InChI is InChI=1S/C11H17NS.ClH/c1-9(2)12-8-10-4-6-11(13-3)7-5-10;/h4-7,9,12H,8H2,1-3H3;1H/p-1. The van der Waals surface area contributed by atoms with Crippen LogP contribution in [0, 0.1) is 0 Å². The zero-order valence-corrected chi connectivity index (χ0v) is 10.5. The normalized spacial score (nSPS) is 10.0. The first kappa shape index (κ1) is 13.8. The smallest absolute Gasteiger partial charge is 0.0207 e. The molecule has 0 aliphatic rings. The van der Waals surface area contributed by atoms with Crippen LogP contribution in [0.4, 0.5) is 0 Å². The summed E-state index contributed by atoms with van der Waals surface area (Å²) in [6.07, 6.45) is 2.10. The predicted molar refractivity (Wildman–Crippen MR) is 60.2 cm³/mol. The molecule has 0 fully saturated rings. The third kappa shape index (κ3) is 4.89. The number of nitrogens with one attached hydrogen (secondary N) is 1. The molecule has 1 aromatic carbocycles. The van der Waals surface area contributed by atoms with Crippen molar-refractivity contribution in [1.29, 1.82) is 0 Å². The molecule has 0 atom stereocenters. The maximum Gasteiger partial charge on any atom is 0.0207 e. The van der Waals surface area contributed by atoms with Crippen LogP contribution in [0.3, 0.4) is 0 Å². The van der Waals surface area contributed by atoms with Crippen molar-refractivity contribution >= 4 is 11.8 Å². The molecule has 3 heteroatoms. The van der Waals surface area contributed by atoms with Crippen LogP contribution >= 0.6 is 11.8 Å². The molecule has 0 saturated heterocycles. The van der Waals surface area contributed by atoms with Crippen molar-refractivity contribution < 1.29 is 12.4 Å². The number of hydrogen-bond acceptors (Lipinski definition) is 2. The van der Waals surface area contributed by atoms with Gasteiger partial charge in [0.1, 0.15) is 0 Å². The minimum Gasteiger partial charge on any atom is -1.00 e. The molecule has 14 heavy (non-hydrogen) atoms. The molecular weight excluding hydrogens is 214 g/mol. The van der Waals surface area contributed by atoms with Gasteiger partial charge in [-0.3, -0.25) is 0 Å². The van der Waals surface area contributed by atoms with Crippen molar-refractivity contribution in [3.63, 3.8) is 0 Å². The Hall–Kier alpha value is -0.180. The molecular formula is C11H17ClNS-. The fourth-order valence-electron chi connectivity index (χ4n) is 1.07. The van der Waals surface area contributed by atoms with Crippen LogP contribution in [-0.2, 0) is 6.54 Å². The van der Waals surface area contributed by atoms with Crippen LogP contribution in [0.25, 0.3) is 0 Å². The Kier molecular flexibility index (Phi) is 7.06. The summed E-state index contributed by atoms with van der Waals surface area (Å²) in [6, 6.07) is 9.26. The second-order valence-corrected chi connectivity index (χ2v) is 4.26. The predicted octanol–water partition coefficient (Wildman–Crippen LogP) is -0.0895. The van der Waals surface area contributed by atoms with Crippen LogP contribution in [0.1, 0.15) is 19.4 Å². The average Bonchev–Trinajstić information content (AvgIpc) is 2.15. The fourth-order valence-corrected chi connectivity index (χ4v) is 1.47. The monoisotopic (exact) mass is 230 g/mol. The fraction of sp³-hybridized carbons (Fsp3) is 0.455. The highest BCUT2D eigenvalue weighted by Gasteiger charge is 1.95. The summed E-state index contributed by atoms with van der Waals surface area (Å²) in [7, 11) is 0. The quantitative estimate of drug-likeness (QED) is 0.726. The molecule has 0 saturated carbocycles. The van der Waals surface area contributed by atoms with E-state index in [0.717, 1.165) is 6.54 Å². The van der Waals surface area contributed by atoms with E-state index >= 15 is 0 Å². The van der Waals surface area contributed by atoms with Crippen LogP contribution in [0.2, 0.25) is 0 Å². The van der Waals surface area contributed by atoms with Gasteiger partial charge >= 0.3 is 0 Å². The van der Waals surface area contributed by atoms with Crippen molar-refractivity contribution in [1.82, 2.24) is 5.32 Å². The number of hydrogen-bond donors (Lipinski definition) is 1. The second-order valence-electron chi connectivity index (χ2n) is 3.38. The molecule has 0 amide bonds. The van der Waals surface area contributed by atoms with Crippen molar-refractivity contribution in [2.75, 3.05) is 6.26 Å². The Morgan fingerprint density at radius 2 is 1.79 bits per heavy atom. The van der Waals surface area contributed by atoms with Gasteiger partial charge in [-0.2, -0.15) is 0 Å². The first-order valence-electron chi connectivity index (χ1n) is 4.58. The zero-order chi connectivity index (χ0) is 9.68. The van der Waals surface area contributed by atoms with Gasteiger partial charge < -0.3 is 17.7 Å². The van der Waals surface area contributed by atoms with Crippen molar-refractivity contribution in [2.24, 2.45) is 0 Å². The van der Waals surface area contributed by atoms with E-state index in [9.17, 15) is 0 Å². The van der Waals surface area contributed by atoms with Crippen LogP contribution < -0.4 is 17.7 Å². The molecule has 0 bridgehead atoms. The lowest BCUT2D eigenvalue weighted by Gasteiger charge is -2.07. The summed E-state index contributed by atoms with van der Waals surface area (Å²) < 4.78 is 0. The molecule has 0 radical (unpaired) electrons. The number of rotatable bonds is 4. The highest BCUT2D eigenvalue weighted by molar-refractivity contribution is 7.98. The number of thioether (sulfide) groups is 1. The average molecular weight is 231 g/mol. The molecule has 0 aromatic heterocycles. The Bertz CT molecular complexity index is 246. The van der Waals surface area contributed by atoms with E-state index < -0.39 is 0 Å². The van der Waals surface area contributed by atoms with Gasteiger partial charge in [0.05, 0.1) is 0 Å². The lowest BCUT2D eigenvalue weighted by atomic mass is 10.2. The Labute approximate surface area is 97.1 Å². The molecule has 0 spiro atoms. The van der Waals surface area contributed by atoms with E-state index in [1.807, 2.05) is 0 Å². The van der Waals surface area contributed by atoms with Gasteiger partial charge in [0.2, 0.25) is 0 Å². The molecule has 0 aliphatic heterocycles. The van der Waals surface area contributed by atoms with Crippen molar-refractivity contribution in [3.8, 4) is 0 Å². The summed E-state index contributed by atoms with van der Waals surface area (Å²) in [4.78, 5) is 1.33. The highest BCUT2D eigenvalue weighted by Crippen LogP contribution is 2.14. The third-order valence-electron chi connectivity index (χ3n) is 1.87. The van der Waals surface area contributed by atoms with E-state index in [2.05, 4.69) is 49.7 Å². The SMILES string of the molecule is CSc1ccc(CNC(C)C)cc1.[Cl-]. The molecule has 1 rings (SSSR count). The van der Waals surface area contributed by atoms with E-state index in [-0.39, 0.29) is 12.4 Å². The van der Waals surface area contributed by atoms with Gasteiger partial charge in [-0.25, -0.2) is 0 Å².